The first kappa shape index (κ1) is 18.9. The molecule has 0 aromatic carbocycles. The summed E-state index contributed by atoms with van der Waals surface area (Å²) in [4.78, 5) is 28.8. The van der Waals surface area contributed by atoms with Gasteiger partial charge in [-0.25, -0.2) is 0 Å². The molecule has 2 saturated heterocycles. The summed E-state index contributed by atoms with van der Waals surface area (Å²) in [5.74, 6) is 3.06. The molecule has 2 amide bonds. The van der Waals surface area contributed by atoms with Crippen molar-refractivity contribution in [2.45, 2.75) is 50.5 Å². The van der Waals surface area contributed by atoms with Crippen LogP contribution in [0.25, 0.3) is 0 Å². The Bertz CT molecular complexity index is 620. The number of amides is 2. The van der Waals surface area contributed by atoms with Crippen LogP contribution in [0.1, 0.15) is 44.9 Å². The van der Waals surface area contributed by atoms with E-state index in [0.29, 0.717) is 25.6 Å². The highest BCUT2D eigenvalue weighted by Crippen LogP contribution is 2.61. The molecule has 2 aliphatic heterocycles. The van der Waals surface area contributed by atoms with Crippen molar-refractivity contribution >= 4 is 11.8 Å². The van der Waals surface area contributed by atoms with E-state index in [1.54, 1.807) is 19.0 Å². The van der Waals surface area contributed by atoms with Gasteiger partial charge in [0.2, 0.25) is 11.8 Å². The van der Waals surface area contributed by atoms with E-state index in [-0.39, 0.29) is 29.4 Å². The van der Waals surface area contributed by atoms with Gasteiger partial charge in [-0.1, -0.05) is 0 Å². The number of hydrogen-bond acceptors (Lipinski definition) is 4. The Kier molecular flexibility index (Phi) is 4.51. The molecule has 28 heavy (non-hydrogen) atoms. The standard InChI is InChI=1S/C22H34N2O4/c1-23(2)19(25)12-27-11-18-3-4-28-22(18)13-24(14-22)20(26)21-8-15-5-16(9-21)7-17(6-15)10-21/h15-18H,3-14H2,1-2H3. The predicted octanol–water partition coefficient (Wildman–Crippen LogP) is 1.93. The van der Waals surface area contributed by atoms with Crippen molar-refractivity contribution in [1.29, 1.82) is 0 Å². The molecule has 2 heterocycles. The zero-order valence-corrected chi connectivity index (χ0v) is 17.3. The van der Waals surface area contributed by atoms with Gasteiger partial charge in [0.15, 0.2) is 0 Å². The molecule has 1 spiro atoms. The normalized spacial score (nSPS) is 40.0. The van der Waals surface area contributed by atoms with E-state index >= 15 is 0 Å². The third-order valence-electron chi connectivity index (χ3n) is 8.34. The molecule has 0 radical (unpaired) electrons. The van der Waals surface area contributed by atoms with Crippen molar-refractivity contribution in [3.63, 3.8) is 0 Å². The number of likely N-dealkylation sites (N-methyl/N-ethyl adjacent to an activating group) is 1. The SMILES string of the molecule is CN(C)C(=O)COCC1CCOC12CN(C(=O)C13CC4CC(CC(C4)C1)C3)C2. The van der Waals surface area contributed by atoms with Crippen LogP contribution in [0.3, 0.4) is 0 Å². The third-order valence-corrected chi connectivity index (χ3v) is 8.34. The summed E-state index contributed by atoms with van der Waals surface area (Å²) >= 11 is 0. The summed E-state index contributed by atoms with van der Waals surface area (Å²) < 4.78 is 11.8. The van der Waals surface area contributed by atoms with E-state index in [9.17, 15) is 9.59 Å². The van der Waals surface area contributed by atoms with Crippen LogP contribution in [0, 0.1) is 29.1 Å². The quantitative estimate of drug-likeness (QED) is 0.720. The van der Waals surface area contributed by atoms with Crippen LogP contribution in [-0.2, 0) is 19.1 Å². The van der Waals surface area contributed by atoms with Crippen molar-refractivity contribution in [3.05, 3.63) is 0 Å². The minimum Gasteiger partial charge on any atom is -0.371 e. The van der Waals surface area contributed by atoms with E-state index in [2.05, 4.69) is 4.90 Å². The minimum absolute atomic E-state index is 0.0137. The van der Waals surface area contributed by atoms with Crippen molar-refractivity contribution in [2.75, 3.05) is 47.0 Å². The van der Waals surface area contributed by atoms with E-state index in [1.165, 1.54) is 19.3 Å². The second kappa shape index (κ2) is 6.69. The molecule has 0 aromatic rings. The van der Waals surface area contributed by atoms with Crippen LogP contribution in [0.4, 0.5) is 0 Å². The maximum absolute atomic E-state index is 13.5. The van der Waals surface area contributed by atoms with Crippen LogP contribution in [0.15, 0.2) is 0 Å². The molecule has 6 aliphatic rings. The van der Waals surface area contributed by atoms with Gasteiger partial charge in [-0.2, -0.15) is 0 Å². The molecule has 6 rings (SSSR count). The Labute approximate surface area is 167 Å². The highest BCUT2D eigenvalue weighted by molar-refractivity contribution is 5.84. The lowest BCUT2D eigenvalue weighted by Crippen LogP contribution is -2.69. The Balaban J connectivity index is 1.18. The molecule has 1 unspecified atom stereocenters. The fraction of sp³-hybridized carbons (Fsp3) is 0.909. The van der Waals surface area contributed by atoms with Gasteiger partial charge in [0.25, 0.3) is 0 Å². The molecule has 0 N–H and O–H groups in total. The summed E-state index contributed by atoms with van der Waals surface area (Å²) in [5.41, 5.74) is -0.293. The molecular weight excluding hydrogens is 356 g/mol. The van der Waals surface area contributed by atoms with E-state index in [4.69, 9.17) is 9.47 Å². The fourth-order valence-corrected chi connectivity index (χ4v) is 7.24. The van der Waals surface area contributed by atoms with Gasteiger partial charge in [0.05, 0.1) is 25.1 Å². The maximum Gasteiger partial charge on any atom is 0.248 e. The van der Waals surface area contributed by atoms with Gasteiger partial charge in [0, 0.05) is 26.6 Å². The lowest BCUT2D eigenvalue weighted by molar-refractivity contribution is -0.188. The van der Waals surface area contributed by atoms with Gasteiger partial charge in [0.1, 0.15) is 12.2 Å². The van der Waals surface area contributed by atoms with Gasteiger partial charge in [-0.05, 0) is 62.7 Å². The van der Waals surface area contributed by atoms with Gasteiger partial charge in [-0.3, -0.25) is 9.59 Å². The molecule has 4 saturated carbocycles. The topological polar surface area (TPSA) is 59.1 Å². The van der Waals surface area contributed by atoms with Crippen molar-refractivity contribution in [2.24, 2.45) is 29.1 Å². The van der Waals surface area contributed by atoms with Crippen molar-refractivity contribution in [1.82, 2.24) is 9.80 Å². The average molecular weight is 391 g/mol. The van der Waals surface area contributed by atoms with Gasteiger partial charge in [-0.15, -0.1) is 0 Å². The highest BCUT2D eigenvalue weighted by Gasteiger charge is 2.60. The number of ether oxygens (including phenoxy) is 2. The largest absolute Gasteiger partial charge is 0.371 e. The highest BCUT2D eigenvalue weighted by atomic mass is 16.5. The first-order valence-electron chi connectivity index (χ1n) is 11.1. The molecule has 0 aromatic heterocycles. The van der Waals surface area contributed by atoms with Crippen molar-refractivity contribution in [3.8, 4) is 0 Å². The number of nitrogens with zero attached hydrogens (tertiary/aromatic N) is 2. The average Bonchev–Trinajstić information content (AvgIpc) is 3.02. The second-order valence-corrected chi connectivity index (χ2v) is 10.6. The van der Waals surface area contributed by atoms with E-state index < -0.39 is 0 Å². The molecule has 6 fully saturated rings. The lowest BCUT2D eigenvalue weighted by Gasteiger charge is -2.59. The van der Waals surface area contributed by atoms with E-state index in [1.807, 2.05) is 0 Å². The van der Waals surface area contributed by atoms with Crippen LogP contribution >= 0.6 is 0 Å². The Hall–Kier alpha value is -1.14. The van der Waals surface area contributed by atoms with Crippen molar-refractivity contribution < 1.29 is 19.1 Å². The molecule has 6 nitrogen and oxygen atoms in total. The molecule has 1 atom stereocenters. The predicted molar refractivity (Wildman–Crippen MR) is 103 cm³/mol. The summed E-state index contributed by atoms with van der Waals surface area (Å²) in [6.07, 6.45) is 8.43. The zero-order valence-electron chi connectivity index (χ0n) is 17.3. The third kappa shape index (κ3) is 2.98. The monoisotopic (exact) mass is 390 g/mol. The number of hydrogen-bond donors (Lipinski definition) is 0. The number of carbonyl (C=O) groups excluding carboxylic acids is 2. The summed E-state index contributed by atoms with van der Waals surface area (Å²) in [7, 11) is 3.48. The summed E-state index contributed by atoms with van der Waals surface area (Å²) in [5, 5.41) is 0. The number of rotatable bonds is 5. The molecule has 4 aliphatic carbocycles. The Morgan fingerprint density at radius 2 is 1.68 bits per heavy atom. The first-order valence-corrected chi connectivity index (χ1v) is 11.1. The van der Waals surface area contributed by atoms with Gasteiger partial charge < -0.3 is 19.3 Å². The van der Waals surface area contributed by atoms with Crippen LogP contribution in [0.2, 0.25) is 0 Å². The number of carbonyl (C=O) groups is 2. The minimum atomic E-state index is -0.237. The molecule has 6 heteroatoms. The Morgan fingerprint density at radius 3 is 2.25 bits per heavy atom. The van der Waals surface area contributed by atoms with E-state index in [0.717, 1.165) is 50.0 Å². The summed E-state index contributed by atoms with van der Waals surface area (Å²) in [6, 6.07) is 0. The fourth-order valence-electron chi connectivity index (χ4n) is 7.24. The van der Waals surface area contributed by atoms with Crippen LogP contribution in [-0.4, -0.2) is 74.2 Å². The zero-order chi connectivity index (χ0) is 19.5. The molecular formula is C22H34N2O4. The molecule has 156 valence electrons. The van der Waals surface area contributed by atoms with Crippen LogP contribution in [0.5, 0.6) is 0 Å². The molecule has 4 bridgehead atoms. The Morgan fingerprint density at radius 1 is 1.07 bits per heavy atom. The van der Waals surface area contributed by atoms with Crippen LogP contribution < -0.4 is 0 Å². The lowest BCUT2D eigenvalue weighted by atomic mass is 9.49. The second-order valence-electron chi connectivity index (χ2n) is 10.6. The maximum atomic E-state index is 13.5. The smallest absolute Gasteiger partial charge is 0.248 e. The first-order chi connectivity index (χ1) is 13.4. The van der Waals surface area contributed by atoms with Gasteiger partial charge >= 0.3 is 0 Å². The number of likely N-dealkylation sites (tertiary alicyclic amines) is 1. The summed E-state index contributed by atoms with van der Waals surface area (Å²) in [6.45, 7) is 2.82.